The highest BCUT2D eigenvalue weighted by Gasteiger charge is 2.29. The molecule has 0 aromatic carbocycles. The van der Waals surface area contributed by atoms with Gasteiger partial charge in [0, 0.05) is 38.6 Å². The van der Waals surface area contributed by atoms with Gasteiger partial charge in [-0.1, -0.05) is 13.3 Å². The summed E-state index contributed by atoms with van der Waals surface area (Å²) < 4.78 is 5.32. The second-order valence-electron chi connectivity index (χ2n) is 6.80. The number of halogens is 1. The van der Waals surface area contributed by atoms with Crippen molar-refractivity contribution in [3.05, 3.63) is 0 Å². The molecule has 2 fully saturated rings. The molecule has 2 aliphatic rings. The molecule has 5 nitrogen and oxygen atoms in total. The summed E-state index contributed by atoms with van der Waals surface area (Å²) >= 11 is 0. The monoisotopic (exact) mass is 439 g/mol. The largest absolute Gasteiger partial charge is 0.388 e. The first-order valence-electron chi connectivity index (χ1n) is 9.00. The van der Waals surface area contributed by atoms with Gasteiger partial charge in [-0.2, -0.15) is 0 Å². The van der Waals surface area contributed by atoms with Gasteiger partial charge in [0.15, 0.2) is 5.96 Å². The Balaban J connectivity index is 0.00000264. The minimum Gasteiger partial charge on any atom is -0.388 e. The van der Waals surface area contributed by atoms with Crippen LogP contribution in [-0.4, -0.2) is 49.0 Å². The van der Waals surface area contributed by atoms with E-state index in [0.29, 0.717) is 38.6 Å². The molecule has 2 rings (SSSR count). The van der Waals surface area contributed by atoms with Crippen molar-refractivity contribution in [1.29, 1.82) is 0 Å². The molecule has 0 unspecified atom stereocenters. The fourth-order valence-corrected chi connectivity index (χ4v) is 3.36. The Labute approximate surface area is 158 Å². The van der Waals surface area contributed by atoms with Gasteiger partial charge in [0.1, 0.15) is 0 Å². The molecule has 0 spiro atoms. The second-order valence-corrected chi connectivity index (χ2v) is 6.80. The molecule has 0 radical (unpaired) electrons. The quantitative estimate of drug-likeness (QED) is 0.350. The van der Waals surface area contributed by atoms with Gasteiger partial charge in [0.2, 0.25) is 0 Å². The molecule has 136 valence electrons. The molecular weight excluding hydrogens is 405 g/mol. The number of hydrogen-bond donors (Lipinski definition) is 3. The Morgan fingerprint density at radius 3 is 2.39 bits per heavy atom. The Morgan fingerprint density at radius 2 is 1.83 bits per heavy atom. The number of aliphatic hydroxyl groups is 1. The maximum atomic E-state index is 10.5. The van der Waals surface area contributed by atoms with E-state index in [1.807, 2.05) is 0 Å². The van der Waals surface area contributed by atoms with Crippen molar-refractivity contribution in [3.8, 4) is 0 Å². The van der Waals surface area contributed by atoms with Gasteiger partial charge in [-0.3, -0.25) is 4.99 Å². The van der Waals surface area contributed by atoms with Gasteiger partial charge in [-0.15, -0.1) is 24.0 Å². The molecule has 0 bridgehead atoms. The highest BCUT2D eigenvalue weighted by molar-refractivity contribution is 14.0. The number of aliphatic imine (C=N–C) groups is 1. The number of guanidine groups is 1. The van der Waals surface area contributed by atoms with Crippen molar-refractivity contribution in [2.24, 2.45) is 10.9 Å². The van der Waals surface area contributed by atoms with Crippen molar-refractivity contribution in [2.45, 2.75) is 70.4 Å². The molecule has 23 heavy (non-hydrogen) atoms. The van der Waals surface area contributed by atoms with Gasteiger partial charge in [-0.25, -0.2) is 0 Å². The van der Waals surface area contributed by atoms with Crippen LogP contribution in [-0.2, 0) is 4.74 Å². The van der Waals surface area contributed by atoms with Crippen LogP contribution in [0.3, 0.4) is 0 Å². The first-order chi connectivity index (χ1) is 10.6. The molecule has 1 saturated heterocycles. The van der Waals surface area contributed by atoms with E-state index in [1.54, 1.807) is 0 Å². The molecule has 0 aromatic heterocycles. The van der Waals surface area contributed by atoms with Gasteiger partial charge >= 0.3 is 0 Å². The predicted molar refractivity (Wildman–Crippen MR) is 106 cm³/mol. The summed E-state index contributed by atoms with van der Waals surface area (Å²) in [5, 5.41) is 17.4. The number of rotatable bonds is 5. The van der Waals surface area contributed by atoms with Crippen LogP contribution in [0.4, 0.5) is 0 Å². The molecule has 3 N–H and O–H groups in total. The van der Waals surface area contributed by atoms with Crippen LogP contribution in [0.1, 0.15) is 58.8 Å². The zero-order valence-corrected chi connectivity index (χ0v) is 17.0. The van der Waals surface area contributed by atoms with Crippen LogP contribution in [0.5, 0.6) is 0 Å². The van der Waals surface area contributed by atoms with Crippen molar-refractivity contribution in [2.75, 3.05) is 26.3 Å². The first-order valence-corrected chi connectivity index (χ1v) is 9.00. The van der Waals surface area contributed by atoms with Gasteiger partial charge in [-0.05, 0) is 38.5 Å². The number of nitrogens with zero attached hydrogens (tertiary/aromatic N) is 1. The van der Waals surface area contributed by atoms with Crippen LogP contribution >= 0.6 is 24.0 Å². The third-order valence-corrected chi connectivity index (χ3v) is 5.06. The highest BCUT2D eigenvalue weighted by Crippen LogP contribution is 2.26. The summed E-state index contributed by atoms with van der Waals surface area (Å²) in [5.41, 5.74) is -0.694. The zero-order valence-electron chi connectivity index (χ0n) is 14.6. The Hall–Kier alpha value is -0.0800. The molecule has 0 amide bonds. The van der Waals surface area contributed by atoms with E-state index in [1.165, 1.54) is 32.1 Å². The lowest BCUT2D eigenvalue weighted by Crippen LogP contribution is -2.46. The van der Waals surface area contributed by atoms with E-state index in [9.17, 15) is 5.11 Å². The first kappa shape index (κ1) is 21.0. The average Bonchev–Trinajstić information content (AvgIpc) is 2.54. The smallest absolute Gasteiger partial charge is 0.191 e. The lowest BCUT2D eigenvalue weighted by molar-refractivity contribution is -0.0566. The fraction of sp³-hybridized carbons (Fsp3) is 0.941. The third kappa shape index (κ3) is 7.13. The minimum atomic E-state index is -0.694. The molecular formula is C17H34IN3O2. The SMILES string of the molecule is CCNC(=NCC1(O)CCOCC1)NC1CCC(CC)CC1.I. The van der Waals surface area contributed by atoms with Crippen LogP contribution in [0.25, 0.3) is 0 Å². The van der Waals surface area contributed by atoms with Crippen molar-refractivity contribution in [3.63, 3.8) is 0 Å². The van der Waals surface area contributed by atoms with E-state index in [2.05, 4.69) is 29.5 Å². The number of ether oxygens (including phenoxy) is 1. The number of nitrogens with one attached hydrogen (secondary N) is 2. The maximum absolute atomic E-state index is 10.5. The molecule has 1 aliphatic heterocycles. The molecule has 0 aromatic rings. The van der Waals surface area contributed by atoms with E-state index < -0.39 is 5.60 Å². The summed E-state index contributed by atoms with van der Waals surface area (Å²) in [6.45, 7) is 6.94. The van der Waals surface area contributed by atoms with E-state index in [4.69, 9.17) is 4.74 Å². The number of hydrogen-bond acceptors (Lipinski definition) is 3. The normalized spacial score (nSPS) is 27.9. The highest BCUT2D eigenvalue weighted by atomic mass is 127. The van der Waals surface area contributed by atoms with Gasteiger partial charge in [0.05, 0.1) is 12.1 Å². The average molecular weight is 439 g/mol. The zero-order chi connectivity index (χ0) is 15.8. The van der Waals surface area contributed by atoms with Crippen molar-refractivity contribution >= 4 is 29.9 Å². The summed E-state index contributed by atoms with van der Waals surface area (Å²) in [6, 6.07) is 0.518. The second kappa shape index (κ2) is 10.7. The maximum Gasteiger partial charge on any atom is 0.191 e. The molecule has 0 atom stereocenters. The Bertz CT molecular complexity index is 352. The molecule has 1 aliphatic carbocycles. The van der Waals surface area contributed by atoms with Crippen LogP contribution in [0.15, 0.2) is 4.99 Å². The van der Waals surface area contributed by atoms with Crippen LogP contribution < -0.4 is 10.6 Å². The summed E-state index contributed by atoms with van der Waals surface area (Å²) in [6.07, 6.45) is 7.73. The standard InChI is InChI=1S/C17H33N3O2.HI/c1-3-14-5-7-15(8-6-14)20-16(18-4-2)19-13-17(21)9-11-22-12-10-17;/h14-15,21H,3-13H2,1-2H3,(H2,18,19,20);1H. The summed E-state index contributed by atoms with van der Waals surface area (Å²) in [4.78, 5) is 4.63. The van der Waals surface area contributed by atoms with Crippen molar-refractivity contribution < 1.29 is 9.84 Å². The third-order valence-electron chi connectivity index (χ3n) is 5.06. The summed E-state index contributed by atoms with van der Waals surface area (Å²) in [5.74, 6) is 1.75. The van der Waals surface area contributed by atoms with Crippen LogP contribution in [0, 0.1) is 5.92 Å². The Morgan fingerprint density at radius 1 is 1.17 bits per heavy atom. The lowest BCUT2D eigenvalue weighted by Gasteiger charge is -2.32. The molecule has 1 heterocycles. The Kier molecular flexibility index (Phi) is 9.77. The minimum absolute atomic E-state index is 0. The lowest BCUT2D eigenvalue weighted by atomic mass is 9.84. The van der Waals surface area contributed by atoms with Crippen molar-refractivity contribution in [1.82, 2.24) is 10.6 Å². The van der Waals surface area contributed by atoms with Gasteiger partial charge in [0.25, 0.3) is 0 Å². The molecule has 6 heteroatoms. The predicted octanol–water partition coefficient (Wildman–Crippen LogP) is 2.67. The van der Waals surface area contributed by atoms with Crippen LogP contribution in [0.2, 0.25) is 0 Å². The van der Waals surface area contributed by atoms with E-state index in [-0.39, 0.29) is 24.0 Å². The van der Waals surface area contributed by atoms with E-state index >= 15 is 0 Å². The van der Waals surface area contributed by atoms with Gasteiger partial charge < -0.3 is 20.5 Å². The van der Waals surface area contributed by atoms with E-state index in [0.717, 1.165) is 18.4 Å². The summed E-state index contributed by atoms with van der Waals surface area (Å²) in [7, 11) is 0. The molecule has 1 saturated carbocycles. The topological polar surface area (TPSA) is 65.9 Å². The fourth-order valence-electron chi connectivity index (χ4n) is 3.36.